The molecule has 0 radical (unpaired) electrons. The van der Waals surface area contributed by atoms with Crippen molar-refractivity contribution < 1.29 is 17.9 Å². The van der Waals surface area contributed by atoms with Crippen molar-refractivity contribution in [2.75, 3.05) is 20.2 Å². The highest BCUT2D eigenvalue weighted by molar-refractivity contribution is 7.89. The van der Waals surface area contributed by atoms with E-state index in [-0.39, 0.29) is 17.2 Å². The number of aromatic nitrogens is 2. The normalized spacial score (nSPS) is 11.8. The first-order valence-corrected chi connectivity index (χ1v) is 12.1. The molecule has 3 rings (SSSR count). The van der Waals surface area contributed by atoms with E-state index in [4.69, 9.17) is 4.74 Å². The van der Waals surface area contributed by atoms with Crippen LogP contribution in [0.2, 0.25) is 0 Å². The number of sulfonamides is 1. The average Bonchev–Trinajstić information content (AvgIpc) is 3.12. The fraction of sp³-hybridized carbons (Fsp3) is 0.391. The number of carbonyl (C=O) groups is 1. The summed E-state index contributed by atoms with van der Waals surface area (Å²) >= 11 is 0. The minimum absolute atomic E-state index is 0.0900. The van der Waals surface area contributed by atoms with Crippen molar-refractivity contribution in [3.63, 3.8) is 0 Å². The number of methoxy groups -OCH3 is 1. The minimum Gasteiger partial charge on any atom is -0.496 e. The zero-order valence-corrected chi connectivity index (χ0v) is 19.8. The van der Waals surface area contributed by atoms with Gasteiger partial charge in [0.2, 0.25) is 15.9 Å². The quantitative estimate of drug-likeness (QED) is 0.504. The summed E-state index contributed by atoms with van der Waals surface area (Å²) in [4.78, 5) is 17.2. The molecule has 0 bridgehead atoms. The number of fused-ring (bicyclic) bond motifs is 1. The average molecular weight is 459 g/mol. The molecule has 1 heterocycles. The number of benzene rings is 2. The summed E-state index contributed by atoms with van der Waals surface area (Å²) in [6, 6.07) is 12.5. The number of para-hydroxylation sites is 1. The summed E-state index contributed by atoms with van der Waals surface area (Å²) in [5, 5.41) is 2.91. The molecule has 2 aromatic carbocycles. The molecule has 0 atom stereocenters. The van der Waals surface area contributed by atoms with Gasteiger partial charge in [-0.2, -0.15) is 4.31 Å². The molecular weight excluding hydrogens is 428 g/mol. The third kappa shape index (κ3) is 4.94. The molecule has 0 unspecified atom stereocenters. The number of hydrogen-bond donors (Lipinski definition) is 1. The Balaban J connectivity index is 1.70. The molecule has 1 amide bonds. The van der Waals surface area contributed by atoms with Crippen molar-refractivity contribution in [1.82, 2.24) is 19.2 Å². The predicted octanol–water partition coefficient (Wildman–Crippen LogP) is 2.86. The summed E-state index contributed by atoms with van der Waals surface area (Å²) in [5.41, 5.74) is 2.34. The van der Waals surface area contributed by atoms with Crippen LogP contribution < -0.4 is 10.1 Å². The van der Waals surface area contributed by atoms with Crippen molar-refractivity contribution in [1.29, 1.82) is 0 Å². The largest absolute Gasteiger partial charge is 0.496 e. The Morgan fingerprint density at radius 1 is 1.16 bits per heavy atom. The van der Waals surface area contributed by atoms with Crippen LogP contribution >= 0.6 is 0 Å². The van der Waals surface area contributed by atoms with E-state index >= 15 is 0 Å². The molecular formula is C23H30N4O4S. The summed E-state index contributed by atoms with van der Waals surface area (Å²) in [5.74, 6) is 1.37. The number of ether oxygens (including phenoxy) is 1. The van der Waals surface area contributed by atoms with Gasteiger partial charge in [-0.05, 0) is 24.3 Å². The van der Waals surface area contributed by atoms with Crippen molar-refractivity contribution in [3.05, 3.63) is 53.9 Å². The number of amides is 1. The summed E-state index contributed by atoms with van der Waals surface area (Å²) in [6.45, 7) is 4.84. The molecule has 0 aliphatic heterocycles. The van der Waals surface area contributed by atoms with Crippen LogP contribution in [0.25, 0.3) is 11.0 Å². The van der Waals surface area contributed by atoms with Crippen LogP contribution in [0.15, 0.2) is 47.4 Å². The third-order valence-electron chi connectivity index (χ3n) is 5.53. The molecule has 1 N–H and O–H groups in total. The summed E-state index contributed by atoms with van der Waals surface area (Å²) < 4.78 is 34.2. The lowest BCUT2D eigenvalue weighted by Gasteiger charge is -2.18. The van der Waals surface area contributed by atoms with Crippen molar-refractivity contribution in [2.45, 2.75) is 38.1 Å². The Labute approximate surface area is 189 Å². The predicted molar refractivity (Wildman–Crippen MR) is 124 cm³/mol. The van der Waals surface area contributed by atoms with Gasteiger partial charge in [0.1, 0.15) is 11.6 Å². The lowest BCUT2D eigenvalue weighted by Crippen LogP contribution is -2.30. The number of nitrogens with zero attached hydrogens (tertiary/aromatic N) is 3. The second kappa shape index (κ2) is 10.1. The molecule has 32 heavy (non-hydrogen) atoms. The lowest BCUT2D eigenvalue weighted by molar-refractivity contribution is -0.121. The number of hydrogen-bond acceptors (Lipinski definition) is 5. The van der Waals surface area contributed by atoms with E-state index in [2.05, 4.69) is 10.3 Å². The van der Waals surface area contributed by atoms with Gasteiger partial charge in [0.05, 0.1) is 23.0 Å². The van der Waals surface area contributed by atoms with E-state index in [1.807, 2.05) is 49.7 Å². The van der Waals surface area contributed by atoms with Crippen LogP contribution in [0.3, 0.4) is 0 Å². The second-order valence-electron chi connectivity index (χ2n) is 7.42. The molecule has 0 saturated carbocycles. The van der Waals surface area contributed by atoms with Gasteiger partial charge in [0.15, 0.2) is 0 Å². The molecule has 0 saturated heterocycles. The zero-order chi connectivity index (χ0) is 23.3. The molecule has 0 fully saturated rings. The van der Waals surface area contributed by atoms with Crippen LogP contribution in [0.4, 0.5) is 0 Å². The van der Waals surface area contributed by atoms with E-state index < -0.39 is 10.0 Å². The highest BCUT2D eigenvalue weighted by Gasteiger charge is 2.22. The first-order chi connectivity index (χ1) is 15.3. The zero-order valence-electron chi connectivity index (χ0n) is 19.0. The topological polar surface area (TPSA) is 93.5 Å². The maximum atomic E-state index is 12.8. The molecule has 0 aliphatic carbocycles. The fourth-order valence-corrected chi connectivity index (χ4v) is 5.16. The van der Waals surface area contributed by atoms with Crippen LogP contribution in [0, 0.1) is 0 Å². The van der Waals surface area contributed by atoms with E-state index in [9.17, 15) is 13.2 Å². The van der Waals surface area contributed by atoms with E-state index in [0.29, 0.717) is 31.6 Å². The number of aryl methyl sites for hydroxylation is 2. The van der Waals surface area contributed by atoms with Gasteiger partial charge in [-0.3, -0.25) is 4.79 Å². The Bertz CT molecular complexity index is 1200. The lowest BCUT2D eigenvalue weighted by atomic mass is 10.2. The third-order valence-corrected chi connectivity index (χ3v) is 7.58. The fourth-order valence-electron chi connectivity index (χ4n) is 3.68. The monoisotopic (exact) mass is 458 g/mol. The van der Waals surface area contributed by atoms with Gasteiger partial charge in [0.25, 0.3) is 0 Å². The smallest absolute Gasteiger partial charge is 0.243 e. The van der Waals surface area contributed by atoms with Crippen LogP contribution in [0.5, 0.6) is 5.75 Å². The first-order valence-electron chi connectivity index (χ1n) is 10.7. The number of rotatable bonds is 10. The van der Waals surface area contributed by atoms with E-state index in [0.717, 1.165) is 22.7 Å². The Morgan fingerprint density at radius 2 is 1.88 bits per heavy atom. The molecule has 0 aliphatic rings. The van der Waals surface area contributed by atoms with Gasteiger partial charge >= 0.3 is 0 Å². The van der Waals surface area contributed by atoms with Gasteiger partial charge in [-0.25, -0.2) is 13.4 Å². The summed E-state index contributed by atoms with van der Waals surface area (Å²) in [7, 11) is -0.0785. The Hall–Kier alpha value is -2.91. The molecule has 1 aromatic heterocycles. The summed E-state index contributed by atoms with van der Waals surface area (Å²) in [6.07, 6.45) is 0.720. The molecule has 172 valence electrons. The number of imidazole rings is 1. The SMILES string of the molecule is CCN(CC)S(=O)(=O)c1ccc2c(c1)nc(CCC(=O)NCc1ccccc1OC)n2C. The molecule has 9 heteroatoms. The Morgan fingerprint density at radius 3 is 2.56 bits per heavy atom. The molecule has 8 nitrogen and oxygen atoms in total. The second-order valence-corrected chi connectivity index (χ2v) is 9.35. The van der Waals surface area contributed by atoms with Crippen LogP contribution in [-0.2, 0) is 34.8 Å². The highest BCUT2D eigenvalue weighted by atomic mass is 32.2. The van der Waals surface area contributed by atoms with Crippen LogP contribution in [-0.4, -0.2) is 48.4 Å². The number of carbonyl (C=O) groups excluding carboxylic acids is 1. The van der Waals surface area contributed by atoms with E-state index in [1.54, 1.807) is 25.3 Å². The Kier molecular flexibility index (Phi) is 7.52. The van der Waals surface area contributed by atoms with Crippen molar-refractivity contribution in [2.24, 2.45) is 7.05 Å². The van der Waals surface area contributed by atoms with Crippen molar-refractivity contribution >= 4 is 27.0 Å². The van der Waals surface area contributed by atoms with E-state index in [1.165, 1.54) is 4.31 Å². The van der Waals surface area contributed by atoms with Gasteiger partial charge in [-0.15, -0.1) is 0 Å². The highest BCUT2D eigenvalue weighted by Crippen LogP contribution is 2.23. The molecule has 0 spiro atoms. The van der Waals surface area contributed by atoms with Gasteiger partial charge in [0, 0.05) is 45.1 Å². The standard InChI is InChI=1S/C23H30N4O4S/c1-5-27(6-2)32(29,30)18-11-12-20-19(15-18)25-22(26(20)3)13-14-23(28)24-16-17-9-7-8-10-21(17)31-4/h7-12,15H,5-6,13-14,16H2,1-4H3,(H,24,28). The maximum absolute atomic E-state index is 12.8. The first kappa shape index (κ1) is 23.7. The minimum atomic E-state index is -3.55. The molecule has 3 aromatic rings. The van der Waals surface area contributed by atoms with Crippen LogP contribution in [0.1, 0.15) is 31.7 Å². The van der Waals surface area contributed by atoms with Gasteiger partial charge in [-0.1, -0.05) is 32.0 Å². The number of nitrogens with one attached hydrogen (secondary N) is 1. The van der Waals surface area contributed by atoms with Gasteiger partial charge < -0.3 is 14.6 Å². The maximum Gasteiger partial charge on any atom is 0.243 e. The van der Waals surface area contributed by atoms with Crippen molar-refractivity contribution in [3.8, 4) is 5.75 Å².